The summed E-state index contributed by atoms with van der Waals surface area (Å²) in [6.07, 6.45) is 0.554. The molecular formula is C19H24N4O4S. The van der Waals surface area contributed by atoms with Crippen LogP contribution < -0.4 is 10.9 Å². The highest BCUT2D eigenvalue weighted by atomic mass is 32.2. The predicted molar refractivity (Wildman–Crippen MR) is 104 cm³/mol. The molecule has 0 bridgehead atoms. The molecule has 2 N–H and O–H groups in total. The standard InChI is InChI=1S/C19H24N4O4S/c1-13-18(14(2)23(22-13)11-15-6-4-3-5-7-15)19(25)21-20-17(24)10-16-8-9-28(26,27)12-16/h3-7,16H,8-12H2,1-2H3,(H,20,24)(H,21,25)/t16-/m0/s1. The molecule has 1 aliphatic rings. The number of aromatic nitrogens is 2. The topological polar surface area (TPSA) is 110 Å². The van der Waals surface area contributed by atoms with Crippen molar-refractivity contribution >= 4 is 21.7 Å². The van der Waals surface area contributed by atoms with Crippen LogP contribution in [0.4, 0.5) is 0 Å². The summed E-state index contributed by atoms with van der Waals surface area (Å²) in [4.78, 5) is 24.5. The Morgan fingerprint density at radius 1 is 1.18 bits per heavy atom. The van der Waals surface area contributed by atoms with E-state index < -0.39 is 21.7 Å². The van der Waals surface area contributed by atoms with Crippen LogP contribution in [-0.4, -0.2) is 41.5 Å². The molecule has 1 fully saturated rings. The Kier molecular flexibility index (Phi) is 5.83. The lowest BCUT2D eigenvalue weighted by Gasteiger charge is -2.10. The molecule has 9 heteroatoms. The van der Waals surface area contributed by atoms with E-state index >= 15 is 0 Å². The quantitative estimate of drug-likeness (QED) is 0.726. The summed E-state index contributed by atoms with van der Waals surface area (Å²) < 4.78 is 24.7. The number of benzene rings is 1. The second-order valence-corrected chi connectivity index (χ2v) is 9.39. The van der Waals surface area contributed by atoms with Crippen LogP contribution in [-0.2, 0) is 21.2 Å². The summed E-state index contributed by atoms with van der Waals surface area (Å²) >= 11 is 0. The summed E-state index contributed by atoms with van der Waals surface area (Å²) in [5, 5.41) is 4.43. The van der Waals surface area contributed by atoms with E-state index in [2.05, 4.69) is 16.0 Å². The van der Waals surface area contributed by atoms with Gasteiger partial charge >= 0.3 is 0 Å². The van der Waals surface area contributed by atoms with Crippen LogP contribution in [0.2, 0.25) is 0 Å². The molecule has 2 amide bonds. The SMILES string of the molecule is Cc1nn(Cc2ccccc2)c(C)c1C(=O)NNC(=O)C[C@@H]1CCS(=O)(=O)C1. The van der Waals surface area contributed by atoms with Crippen molar-refractivity contribution in [3.8, 4) is 0 Å². The zero-order valence-electron chi connectivity index (χ0n) is 15.9. The van der Waals surface area contributed by atoms with E-state index in [1.54, 1.807) is 11.6 Å². The number of carbonyl (C=O) groups is 2. The molecule has 0 saturated carbocycles. The van der Waals surface area contributed by atoms with Crippen molar-refractivity contribution in [3.63, 3.8) is 0 Å². The van der Waals surface area contributed by atoms with Crippen molar-refractivity contribution in [2.45, 2.75) is 33.2 Å². The van der Waals surface area contributed by atoms with Gasteiger partial charge in [-0.3, -0.25) is 25.1 Å². The number of hydrazine groups is 1. The van der Waals surface area contributed by atoms with E-state index in [1.165, 1.54) is 0 Å². The van der Waals surface area contributed by atoms with E-state index in [9.17, 15) is 18.0 Å². The second kappa shape index (κ2) is 8.14. The molecule has 2 heterocycles. The normalized spacial score (nSPS) is 18.0. The first-order valence-corrected chi connectivity index (χ1v) is 10.9. The van der Waals surface area contributed by atoms with Gasteiger partial charge in [-0.25, -0.2) is 8.42 Å². The van der Waals surface area contributed by atoms with Crippen molar-refractivity contribution in [1.82, 2.24) is 20.6 Å². The summed E-state index contributed by atoms with van der Waals surface area (Å²) in [6, 6.07) is 9.80. The Hall–Kier alpha value is -2.68. The van der Waals surface area contributed by atoms with Gasteiger partial charge in [0, 0.05) is 12.1 Å². The number of amides is 2. The van der Waals surface area contributed by atoms with Gasteiger partial charge < -0.3 is 0 Å². The van der Waals surface area contributed by atoms with Gasteiger partial charge in [-0.1, -0.05) is 30.3 Å². The highest BCUT2D eigenvalue weighted by molar-refractivity contribution is 7.91. The highest BCUT2D eigenvalue weighted by Crippen LogP contribution is 2.21. The lowest BCUT2D eigenvalue weighted by Crippen LogP contribution is -2.42. The largest absolute Gasteiger partial charge is 0.273 e. The number of sulfone groups is 1. The van der Waals surface area contributed by atoms with Gasteiger partial charge in [0.2, 0.25) is 5.91 Å². The predicted octanol–water partition coefficient (Wildman–Crippen LogP) is 1.13. The number of carbonyl (C=O) groups excluding carboxylic acids is 2. The number of aryl methyl sites for hydroxylation is 1. The third-order valence-electron chi connectivity index (χ3n) is 4.90. The van der Waals surface area contributed by atoms with Gasteiger partial charge in [-0.05, 0) is 31.7 Å². The van der Waals surface area contributed by atoms with E-state index in [0.717, 1.165) is 5.56 Å². The molecular weight excluding hydrogens is 380 g/mol. The number of rotatable bonds is 5. The average molecular weight is 404 g/mol. The Morgan fingerprint density at radius 3 is 2.54 bits per heavy atom. The lowest BCUT2D eigenvalue weighted by molar-refractivity contribution is -0.122. The Morgan fingerprint density at radius 2 is 1.89 bits per heavy atom. The number of hydrogen-bond donors (Lipinski definition) is 2. The fraction of sp³-hybridized carbons (Fsp3) is 0.421. The summed E-state index contributed by atoms with van der Waals surface area (Å²) in [5.41, 5.74) is 7.55. The van der Waals surface area contributed by atoms with E-state index in [0.29, 0.717) is 29.9 Å². The maximum atomic E-state index is 12.5. The lowest BCUT2D eigenvalue weighted by atomic mass is 10.1. The third kappa shape index (κ3) is 4.78. The smallest absolute Gasteiger partial charge is 0.273 e. The first kappa shape index (κ1) is 20.1. The van der Waals surface area contributed by atoms with Gasteiger partial charge in [0.05, 0.1) is 29.3 Å². The third-order valence-corrected chi connectivity index (χ3v) is 6.74. The molecule has 1 aromatic carbocycles. The maximum Gasteiger partial charge on any atom is 0.273 e. The second-order valence-electron chi connectivity index (χ2n) is 7.16. The molecule has 28 heavy (non-hydrogen) atoms. The van der Waals surface area contributed by atoms with Gasteiger partial charge in [0.25, 0.3) is 5.91 Å². The molecule has 0 spiro atoms. The average Bonchev–Trinajstić information content (AvgIpc) is 3.12. The minimum Gasteiger partial charge on any atom is -0.273 e. The van der Waals surface area contributed by atoms with E-state index in [1.807, 2.05) is 37.3 Å². The van der Waals surface area contributed by atoms with Crippen LogP contribution in [0.25, 0.3) is 0 Å². The zero-order chi connectivity index (χ0) is 20.3. The van der Waals surface area contributed by atoms with Crippen molar-refractivity contribution in [2.24, 2.45) is 5.92 Å². The molecule has 1 aliphatic heterocycles. The summed E-state index contributed by atoms with van der Waals surface area (Å²) in [6.45, 7) is 4.10. The van der Waals surface area contributed by atoms with Gasteiger partial charge in [0.1, 0.15) is 0 Å². The van der Waals surface area contributed by atoms with Gasteiger partial charge in [-0.15, -0.1) is 0 Å². The van der Waals surface area contributed by atoms with E-state index in [-0.39, 0.29) is 23.8 Å². The summed E-state index contributed by atoms with van der Waals surface area (Å²) in [5.74, 6) is -0.891. The minimum atomic E-state index is -3.03. The molecule has 0 unspecified atom stereocenters. The zero-order valence-corrected chi connectivity index (χ0v) is 16.8. The Labute approximate surface area is 164 Å². The molecule has 8 nitrogen and oxygen atoms in total. The fourth-order valence-corrected chi connectivity index (χ4v) is 5.33. The molecule has 1 saturated heterocycles. The van der Waals surface area contributed by atoms with Gasteiger partial charge in [0.15, 0.2) is 9.84 Å². The molecule has 0 radical (unpaired) electrons. The molecule has 0 aliphatic carbocycles. The first-order valence-electron chi connectivity index (χ1n) is 9.12. The number of nitrogens with zero attached hydrogens (tertiary/aromatic N) is 2. The molecule has 3 rings (SSSR count). The molecule has 150 valence electrons. The molecule has 1 atom stereocenters. The Balaban J connectivity index is 1.59. The first-order chi connectivity index (χ1) is 13.2. The van der Waals surface area contributed by atoms with Crippen molar-refractivity contribution in [2.75, 3.05) is 11.5 Å². The summed E-state index contributed by atoms with van der Waals surface area (Å²) in [7, 11) is -3.03. The highest BCUT2D eigenvalue weighted by Gasteiger charge is 2.29. The van der Waals surface area contributed by atoms with Crippen LogP contribution in [0, 0.1) is 19.8 Å². The molecule has 2 aromatic rings. The van der Waals surface area contributed by atoms with Crippen LogP contribution in [0.1, 0.15) is 40.2 Å². The van der Waals surface area contributed by atoms with Gasteiger partial charge in [-0.2, -0.15) is 5.10 Å². The monoisotopic (exact) mass is 404 g/mol. The maximum absolute atomic E-state index is 12.5. The fourth-order valence-electron chi connectivity index (χ4n) is 3.47. The van der Waals surface area contributed by atoms with Crippen molar-refractivity contribution in [3.05, 3.63) is 52.8 Å². The number of hydrogen-bond acceptors (Lipinski definition) is 5. The van der Waals surface area contributed by atoms with E-state index in [4.69, 9.17) is 0 Å². The minimum absolute atomic E-state index is 0.0266. The van der Waals surface area contributed by atoms with Crippen molar-refractivity contribution < 1.29 is 18.0 Å². The number of nitrogens with one attached hydrogen (secondary N) is 2. The van der Waals surface area contributed by atoms with Crippen molar-refractivity contribution in [1.29, 1.82) is 0 Å². The van der Waals surface area contributed by atoms with Crippen LogP contribution in [0.5, 0.6) is 0 Å². The van der Waals surface area contributed by atoms with Crippen LogP contribution in [0.15, 0.2) is 30.3 Å². The Bertz CT molecular complexity index is 983. The van der Waals surface area contributed by atoms with Crippen LogP contribution in [0.3, 0.4) is 0 Å². The molecule has 1 aromatic heterocycles. The van der Waals surface area contributed by atoms with Crippen LogP contribution >= 0.6 is 0 Å².